The molecule has 6 nitrogen and oxygen atoms in total. The van der Waals surface area contributed by atoms with Gasteiger partial charge in [-0.2, -0.15) is 0 Å². The lowest BCUT2D eigenvalue weighted by Crippen LogP contribution is -2.63. The van der Waals surface area contributed by atoms with Gasteiger partial charge < -0.3 is 9.80 Å². The molecule has 166 valence electrons. The maximum absolute atomic E-state index is 13.3. The van der Waals surface area contributed by atoms with E-state index >= 15 is 0 Å². The standard InChI is InChI=1S/C24H24FN3O3S/c1-2-26(14-17-6-4-3-5-7-17)21(29)16-27-20-12-13-32-22(20)23(30)28(24(27)31)15-18-8-10-19(25)11-9-18/h3-13,20,22H,2,14-16H2,1H3. The maximum Gasteiger partial charge on any atom is 0.328 e. The number of fused-ring (bicyclic) bond motifs is 1. The zero-order chi connectivity index (χ0) is 22.7. The van der Waals surface area contributed by atoms with Crippen molar-refractivity contribution in [2.75, 3.05) is 13.1 Å². The van der Waals surface area contributed by atoms with E-state index in [1.54, 1.807) is 28.5 Å². The number of carbonyl (C=O) groups is 3. The minimum Gasteiger partial charge on any atom is -0.337 e. The zero-order valence-electron chi connectivity index (χ0n) is 17.7. The molecule has 2 heterocycles. The number of imide groups is 1. The van der Waals surface area contributed by atoms with Crippen LogP contribution < -0.4 is 0 Å². The van der Waals surface area contributed by atoms with Crippen LogP contribution in [-0.4, -0.2) is 56.9 Å². The number of thioether (sulfide) groups is 1. The fourth-order valence-corrected chi connectivity index (χ4v) is 4.97. The van der Waals surface area contributed by atoms with Crippen molar-refractivity contribution in [2.45, 2.75) is 31.3 Å². The first kappa shape index (κ1) is 22.1. The predicted molar refractivity (Wildman–Crippen MR) is 121 cm³/mol. The van der Waals surface area contributed by atoms with E-state index in [4.69, 9.17) is 0 Å². The molecule has 0 radical (unpaired) electrons. The van der Waals surface area contributed by atoms with Crippen LogP contribution >= 0.6 is 11.8 Å². The van der Waals surface area contributed by atoms with E-state index in [2.05, 4.69) is 0 Å². The van der Waals surface area contributed by atoms with Gasteiger partial charge >= 0.3 is 6.03 Å². The lowest BCUT2D eigenvalue weighted by atomic mass is 10.1. The molecule has 0 spiro atoms. The van der Waals surface area contributed by atoms with E-state index in [0.29, 0.717) is 18.7 Å². The molecule has 2 unspecified atom stereocenters. The summed E-state index contributed by atoms with van der Waals surface area (Å²) in [5.74, 6) is -0.851. The van der Waals surface area contributed by atoms with Gasteiger partial charge in [0, 0.05) is 13.1 Å². The average Bonchev–Trinajstić information content (AvgIpc) is 3.30. The van der Waals surface area contributed by atoms with Crippen LogP contribution in [0.25, 0.3) is 0 Å². The van der Waals surface area contributed by atoms with Gasteiger partial charge in [0.15, 0.2) is 0 Å². The van der Waals surface area contributed by atoms with E-state index in [-0.39, 0.29) is 30.7 Å². The molecular weight excluding hydrogens is 429 g/mol. The number of hydrogen-bond donors (Lipinski definition) is 0. The second-order valence-corrected chi connectivity index (χ2v) is 8.78. The van der Waals surface area contributed by atoms with Crippen LogP contribution in [0.15, 0.2) is 66.1 Å². The van der Waals surface area contributed by atoms with E-state index < -0.39 is 17.3 Å². The Labute approximate surface area is 190 Å². The Morgan fingerprint density at radius 1 is 1.06 bits per heavy atom. The lowest BCUT2D eigenvalue weighted by molar-refractivity contribution is -0.137. The van der Waals surface area contributed by atoms with Crippen molar-refractivity contribution in [1.29, 1.82) is 0 Å². The number of amides is 4. The molecule has 2 atom stereocenters. The average molecular weight is 454 g/mol. The molecule has 0 bridgehead atoms. The molecule has 0 N–H and O–H groups in total. The van der Waals surface area contributed by atoms with Crippen molar-refractivity contribution in [1.82, 2.24) is 14.7 Å². The zero-order valence-corrected chi connectivity index (χ0v) is 18.5. The molecule has 2 aliphatic heterocycles. The molecule has 1 fully saturated rings. The summed E-state index contributed by atoms with van der Waals surface area (Å²) in [6.45, 7) is 2.78. The molecule has 4 rings (SSSR count). The topological polar surface area (TPSA) is 60.9 Å². The maximum atomic E-state index is 13.3. The first-order chi connectivity index (χ1) is 15.5. The van der Waals surface area contributed by atoms with Gasteiger partial charge in [-0.15, -0.1) is 11.8 Å². The van der Waals surface area contributed by atoms with Gasteiger partial charge in [-0.3, -0.25) is 14.5 Å². The van der Waals surface area contributed by atoms with Crippen molar-refractivity contribution < 1.29 is 18.8 Å². The molecule has 32 heavy (non-hydrogen) atoms. The van der Waals surface area contributed by atoms with E-state index in [1.807, 2.05) is 37.3 Å². The molecule has 2 aromatic carbocycles. The number of nitrogens with zero attached hydrogens (tertiary/aromatic N) is 3. The first-order valence-electron chi connectivity index (χ1n) is 10.5. The molecule has 1 saturated heterocycles. The van der Waals surface area contributed by atoms with Crippen LogP contribution in [0, 0.1) is 5.82 Å². The summed E-state index contributed by atoms with van der Waals surface area (Å²) in [7, 11) is 0. The second kappa shape index (κ2) is 9.56. The minimum atomic E-state index is -0.503. The van der Waals surface area contributed by atoms with Gasteiger partial charge in [0.05, 0.1) is 12.6 Å². The highest BCUT2D eigenvalue weighted by Gasteiger charge is 2.47. The van der Waals surface area contributed by atoms with Crippen LogP contribution in [0.2, 0.25) is 0 Å². The highest BCUT2D eigenvalue weighted by Crippen LogP contribution is 2.35. The van der Waals surface area contributed by atoms with Crippen LogP contribution in [0.5, 0.6) is 0 Å². The fourth-order valence-electron chi connectivity index (χ4n) is 3.91. The molecule has 0 aromatic heterocycles. The number of benzene rings is 2. The van der Waals surface area contributed by atoms with E-state index in [9.17, 15) is 18.8 Å². The number of likely N-dealkylation sites (N-methyl/N-ethyl adjacent to an activating group) is 1. The molecule has 8 heteroatoms. The van der Waals surface area contributed by atoms with Crippen molar-refractivity contribution in [2.24, 2.45) is 0 Å². The van der Waals surface area contributed by atoms with Crippen molar-refractivity contribution >= 4 is 29.6 Å². The number of carbonyl (C=O) groups excluding carboxylic acids is 3. The second-order valence-electron chi connectivity index (χ2n) is 7.73. The summed E-state index contributed by atoms with van der Waals surface area (Å²) >= 11 is 1.35. The fraction of sp³-hybridized carbons (Fsp3) is 0.292. The highest BCUT2D eigenvalue weighted by atomic mass is 32.2. The van der Waals surface area contributed by atoms with Crippen LogP contribution in [0.3, 0.4) is 0 Å². The summed E-state index contributed by atoms with van der Waals surface area (Å²) in [6.07, 6.45) is 1.81. The molecule has 4 amide bonds. The van der Waals surface area contributed by atoms with Gasteiger partial charge in [-0.05, 0) is 35.6 Å². The van der Waals surface area contributed by atoms with Gasteiger partial charge in [-0.1, -0.05) is 48.5 Å². The summed E-state index contributed by atoms with van der Waals surface area (Å²) in [6, 6.07) is 14.4. The van der Waals surface area contributed by atoms with Gasteiger partial charge in [0.1, 0.15) is 17.6 Å². The third-order valence-electron chi connectivity index (χ3n) is 5.67. The SMILES string of the molecule is CCN(Cc1ccccc1)C(=O)CN1C(=O)N(Cc2ccc(F)cc2)C(=O)C2SC=CC21. The number of halogens is 1. The van der Waals surface area contributed by atoms with Crippen molar-refractivity contribution in [3.8, 4) is 0 Å². The number of rotatable bonds is 7. The normalized spacial score (nSPS) is 19.9. The summed E-state index contributed by atoms with van der Waals surface area (Å²) < 4.78 is 13.3. The van der Waals surface area contributed by atoms with Crippen LogP contribution in [-0.2, 0) is 22.7 Å². The van der Waals surface area contributed by atoms with Crippen LogP contribution in [0.1, 0.15) is 18.1 Å². The summed E-state index contributed by atoms with van der Waals surface area (Å²) in [5.41, 5.74) is 1.66. The third-order valence-corrected chi connectivity index (χ3v) is 6.76. The van der Waals surface area contributed by atoms with Crippen LogP contribution in [0.4, 0.5) is 9.18 Å². The number of urea groups is 1. The Bertz CT molecular complexity index is 1030. The Hall–Kier alpha value is -3.13. The molecule has 2 aliphatic rings. The number of hydrogen-bond acceptors (Lipinski definition) is 4. The van der Waals surface area contributed by atoms with Crippen molar-refractivity contribution in [3.63, 3.8) is 0 Å². The van der Waals surface area contributed by atoms with Gasteiger partial charge in [-0.25, -0.2) is 9.18 Å². The Morgan fingerprint density at radius 2 is 1.78 bits per heavy atom. The smallest absolute Gasteiger partial charge is 0.328 e. The van der Waals surface area contributed by atoms with Gasteiger partial charge in [0.2, 0.25) is 11.8 Å². The van der Waals surface area contributed by atoms with E-state index in [1.165, 1.54) is 28.8 Å². The Balaban J connectivity index is 1.52. The predicted octanol–water partition coefficient (Wildman–Crippen LogP) is 3.64. The lowest BCUT2D eigenvalue weighted by Gasteiger charge is -2.41. The highest BCUT2D eigenvalue weighted by molar-refractivity contribution is 8.03. The largest absolute Gasteiger partial charge is 0.337 e. The summed E-state index contributed by atoms with van der Waals surface area (Å²) in [4.78, 5) is 43.8. The third kappa shape index (κ3) is 4.55. The Kier molecular flexibility index (Phi) is 6.60. The molecule has 0 aliphatic carbocycles. The molecular formula is C24H24FN3O3S. The van der Waals surface area contributed by atoms with Gasteiger partial charge in [0.25, 0.3) is 0 Å². The minimum absolute atomic E-state index is 0.0356. The van der Waals surface area contributed by atoms with Crippen molar-refractivity contribution in [3.05, 3.63) is 83.0 Å². The quantitative estimate of drug-likeness (QED) is 0.642. The monoisotopic (exact) mass is 453 g/mol. The summed E-state index contributed by atoms with van der Waals surface area (Å²) in [5, 5.41) is 1.33. The Morgan fingerprint density at radius 3 is 2.47 bits per heavy atom. The molecule has 2 aromatic rings. The molecule has 0 saturated carbocycles. The van der Waals surface area contributed by atoms with E-state index in [0.717, 1.165) is 10.5 Å². The first-order valence-corrected chi connectivity index (χ1v) is 11.4.